The van der Waals surface area contributed by atoms with Gasteiger partial charge in [-0.05, 0) is 24.3 Å². The summed E-state index contributed by atoms with van der Waals surface area (Å²) in [4.78, 5) is 21.6. The molecule has 0 aliphatic heterocycles. The Labute approximate surface area is 87.2 Å². The predicted octanol–water partition coefficient (Wildman–Crippen LogP) is 0.370. The molecule has 0 saturated heterocycles. The number of anilines is 1. The number of carbonyl (C=O) groups is 2. The molecule has 0 saturated carbocycles. The van der Waals surface area contributed by atoms with E-state index in [4.69, 9.17) is 5.73 Å². The summed E-state index contributed by atoms with van der Waals surface area (Å²) in [6, 6.07) is 6.56. The number of carbonyl (C=O) groups excluding carboxylic acids is 2. The van der Waals surface area contributed by atoms with Gasteiger partial charge < -0.3 is 15.8 Å². The monoisotopic (exact) mass is 208 g/mol. The van der Waals surface area contributed by atoms with Gasteiger partial charge in [0.25, 0.3) is 0 Å². The molecule has 0 radical (unpaired) electrons. The molecule has 1 amide bonds. The van der Waals surface area contributed by atoms with Gasteiger partial charge in [0, 0.05) is 5.69 Å². The van der Waals surface area contributed by atoms with Crippen LogP contribution in [0.5, 0.6) is 0 Å². The molecule has 0 spiro atoms. The van der Waals surface area contributed by atoms with E-state index < -0.39 is 11.9 Å². The molecule has 0 heterocycles. The number of hydrogen-bond acceptors (Lipinski definition) is 4. The van der Waals surface area contributed by atoms with Gasteiger partial charge in [0.05, 0.1) is 19.2 Å². The van der Waals surface area contributed by atoms with Crippen LogP contribution in [-0.2, 0) is 9.53 Å². The first kappa shape index (κ1) is 11.0. The van der Waals surface area contributed by atoms with Gasteiger partial charge in [-0.1, -0.05) is 0 Å². The Bertz CT molecular complexity index is 359. The summed E-state index contributed by atoms with van der Waals surface area (Å²) in [6.07, 6.45) is 0. The van der Waals surface area contributed by atoms with Gasteiger partial charge in [0.1, 0.15) is 0 Å². The predicted molar refractivity (Wildman–Crippen MR) is 55.5 cm³/mol. The van der Waals surface area contributed by atoms with Gasteiger partial charge in [-0.3, -0.25) is 4.79 Å². The van der Waals surface area contributed by atoms with Crippen LogP contribution >= 0.6 is 0 Å². The molecule has 0 aliphatic carbocycles. The summed E-state index contributed by atoms with van der Waals surface area (Å²) in [7, 11) is 1.32. The molecule has 80 valence electrons. The average molecular weight is 208 g/mol. The van der Waals surface area contributed by atoms with Crippen LogP contribution < -0.4 is 11.1 Å². The maximum absolute atomic E-state index is 11.1. The topological polar surface area (TPSA) is 81.4 Å². The summed E-state index contributed by atoms with van der Waals surface area (Å²) >= 11 is 0. The molecule has 1 aromatic rings. The number of nitrogens with two attached hydrogens (primary N) is 1. The van der Waals surface area contributed by atoms with Crippen molar-refractivity contribution in [2.24, 2.45) is 5.73 Å². The van der Waals surface area contributed by atoms with Gasteiger partial charge in [-0.2, -0.15) is 0 Å². The SMILES string of the molecule is COC(=O)c1ccc(NCC(N)=O)cc1. The highest BCUT2D eigenvalue weighted by Crippen LogP contribution is 2.09. The van der Waals surface area contributed by atoms with Gasteiger partial charge in [0.2, 0.25) is 5.91 Å². The molecule has 1 rings (SSSR count). The molecule has 5 heteroatoms. The zero-order valence-electron chi connectivity index (χ0n) is 8.32. The van der Waals surface area contributed by atoms with E-state index in [0.29, 0.717) is 5.56 Å². The van der Waals surface area contributed by atoms with E-state index in [1.54, 1.807) is 24.3 Å². The Kier molecular flexibility index (Phi) is 3.68. The number of ether oxygens (including phenoxy) is 1. The molecule has 3 N–H and O–H groups in total. The third-order valence-electron chi connectivity index (χ3n) is 1.77. The van der Waals surface area contributed by atoms with Crippen molar-refractivity contribution < 1.29 is 14.3 Å². The minimum absolute atomic E-state index is 0.0670. The zero-order chi connectivity index (χ0) is 11.3. The minimum atomic E-state index is -0.438. The maximum atomic E-state index is 11.1. The van der Waals surface area contributed by atoms with Crippen molar-refractivity contribution in [2.45, 2.75) is 0 Å². The highest BCUT2D eigenvalue weighted by molar-refractivity contribution is 5.89. The number of esters is 1. The lowest BCUT2D eigenvalue weighted by atomic mass is 10.2. The summed E-state index contributed by atoms with van der Waals surface area (Å²) in [5, 5.41) is 2.80. The molecule has 0 aliphatic rings. The molecular formula is C10H12N2O3. The normalized spacial score (nSPS) is 9.40. The smallest absolute Gasteiger partial charge is 0.337 e. The van der Waals surface area contributed by atoms with Crippen molar-refractivity contribution >= 4 is 17.6 Å². The first-order valence-corrected chi connectivity index (χ1v) is 4.34. The largest absolute Gasteiger partial charge is 0.465 e. The average Bonchev–Trinajstić information content (AvgIpc) is 2.26. The lowest BCUT2D eigenvalue weighted by molar-refractivity contribution is -0.116. The maximum Gasteiger partial charge on any atom is 0.337 e. The first-order valence-electron chi connectivity index (χ1n) is 4.34. The second-order valence-corrected chi connectivity index (χ2v) is 2.89. The van der Waals surface area contributed by atoms with E-state index in [2.05, 4.69) is 10.1 Å². The lowest BCUT2D eigenvalue weighted by Gasteiger charge is -2.04. The van der Waals surface area contributed by atoms with Crippen LogP contribution in [0.15, 0.2) is 24.3 Å². The molecule has 0 fully saturated rings. The molecular weight excluding hydrogens is 196 g/mol. The summed E-state index contributed by atoms with van der Waals surface area (Å²) in [5.74, 6) is -0.830. The second kappa shape index (κ2) is 4.99. The summed E-state index contributed by atoms with van der Waals surface area (Å²) in [5.41, 5.74) is 6.15. The lowest BCUT2D eigenvalue weighted by Crippen LogP contribution is -2.21. The Balaban J connectivity index is 2.64. The van der Waals surface area contributed by atoms with Crippen molar-refractivity contribution in [1.29, 1.82) is 0 Å². The molecule has 1 aromatic carbocycles. The first-order chi connectivity index (χ1) is 7.13. The Hall–Kier alpha value is -2.04. The summed E-state index contributed by atoms with van der Waals surface area (Å²) < 4.78 is 4.54. The quantitative estimate of drug-likeness (QED) is 0.700. The van der Waals surface area contributed by atoms with Crippen molar-refractivity contribution in [3.8, 4) is 0 Å². The van der Waals surface area contributed by atoms with Crippen LogP contribution in [-0.4, -0.2) is 25.5 Å². The van der Waals surface area contributed by atoms with Crippen molar-refractivity contribution in [3.63, 3.8) is 0 Å². The molecule has 0 atom stereocenters. The second-order valence-electron chi connectivity index (χ2n) is 2.89. The van der Waals surface area contributed by atoms with Crippen LogP contribution in [0.25, 0.3) is 0 Å². The molecule has 0 bridgehead atoms. The van der Waals surface area contributed by atoms with Crippen molar-refractivity contribution in [2.75, 3.05) is 19.0 Å². The van der Waals surface area contributed by atoms with Crippen LogP contribution in [0.2, 0.25) is 0 Å². The van der Waals surface area contributed by atoms with Gasteiger partial charge in [-0.15, -0.1) is 0 Å². The van der Waals surface area contributed by atoms with E-state index in [0.717, 1.165) is 5.69 Å². The van der Waals surface area contributed by atoms with Crippen LogP contribution in [0, 0.1) is 0 Å². The third-order valence-corrected chi connectivity index (χ3v) is 1.77. The Morgan fingerprint density at radius 3 is 2.40 bits per heavy atom. The number of rotatable bonds is 4. The number of amides is 1. The van der Waals surface area contributed by atoms with E-state index >= 15 is 0 Å². The fraction of sp³-hybridized carbons (Fsp3) is 0.200. The van der Waals surface area contributed by atoms with E-state index in [9.17, 15) is 9.59 Å². The highest BCUT2D eigenvalue weighted by Gasteiger charge is 2.03. The fourth-order valence-corrected chi connectivity index (χ4v) is 1.03. The van der Waals surface area contributed by atoms with E-state index in [1.165, 1.54) is 7.11 Å². The zero-order valence-corrected chi connectivity index (χ0v) is 8.32. The number of hydrogen-bond donors (Lipinski definition) is 2. The number of methoxy groups -OCH3 is 1. The van der Waals surface area contributed by atoms with Crippen molar-refractivity contribution in [3.05, 3.63) is 29.8 Å². The molecule has 0 aromatic heterocycles. The number of nitrogens with one attached hydrogen (secondary N) is 1. The fourth-order valence-electron chi connectivity index (χ4n) is 1.03. The van der Waals surface area contributed by atoms with E-state index in [1.807, 2.05) is 0 Å². The van der Waals surface area contributed by atoms with Crippen LogP contribution in [0.1, 0.15) is 10.4 Å². The van der Waals surface area contributed by atoms with Crippen LogP contribution in [0.4, 0.5) is 5.69 Å². The number of primary amides is 1. The number of benzene rings is 1. The van der Waals surface area contributed by atoms with Crippen molar-refractivity contribution in [1.82, 2.24) is 0 Å². The molecule has 5 nitrogen and oxygen atoms in total. The van der Waals surface area contributed by atoms with Gasteiger partial charge in [-0.25, -0.2) is 4.79 Å². The van der Waals surface area contributed by atoms with Crippen LogP contribution in [0.3, 0.4) is 0 Å². The molecule has 15 heavy (non-hydrogen) atoms. The van der Waals surface area contributed by atoms with E-state index in [-0.39, 0.29) is 6.54 Å². The Morgan fingerprint density at radius 1 is 1.33 bits per heavy atom. The highest BCUT2D eigenvalue weighted by atomic mass is 16.5. The van der Waals surface area contributed by atoms with Gasteiger partial charge in [0.15, 0.2) is 0 Å². The standard InChI is InChI=1S/C10H12N2O3/c1-15-10(14)7-2-4-8(5-3-7)12-6-9(11)13/h2-5,12H,6H2,1H3,(H2,11,13). The third kappa shape index (κ3) is 3.30. The van der Waals surface area contributed by atoms with Gasteiger partial charge >= 0.3 is 5.97 Å². The minimum Gasteiger partial charge on any atom is -0.465 e. The Morgan fingerprint density at radius 2 is 1.93 bits per heavy atom. The summed E-state index contributed by atoms with van der Waals surface area (Å²) in [6.45, 7) is 0.0670. The molecule has 0 unspecified atom stereocenters.